The Morgan fingerprint density at radius 3 is 2.33 bits per heavy atom. The summed E-state index contributed by atoms with van der Waals surface area (Å²) in [6, 6.07) is 3.34. The second-order valence-corrected chi connectivity index (χ2v) is 3.67. The number of aliphatic hydroxyl groups is 1. The fourth-order valence-corrected chi connectivity index (χ4v) is 1.33. The summed E-state index contributed by atoms with van der Waals surface area (Å²) in [6.07, 6.45) is -0.319. The lowest BCUT2D eigenvalue weighted by Gasteiger charge is -2.14. The first kappa shape index (κ1) is 12.1. The van der Waals surface area contributed by atoms with Gasteiger partial charge in [0.1, 0.15) is 11.6 Å². The molecule has 0 fully saturated rings. The van der Waals surface area contributed by atoms with Gasteiger partial charge < -0.3 is 10.8 Å². The molecule has 2 nitrogen and oxygen atoms in total. The van der Waals surface area contributed by atoms with Gasteiger partial charge in [-0.15, -0.1) is 0 Å². The van der Waals surface area contributed by atoms with Gasteiger partial charge in [0.2, 0.25) is 0 Å². The van der Waals surface area contributed by atoms with Gasteiger partial charge in [-0.1, -0.05) is 6.07 Å². The molecule has 0 aliphatic heterocycles. The normalized spacial score (nSPS) is 15.0. The lowest BCUT2D eigenvalue weighted by atomic mass is 10.0. The Kier molecular flexibility index (Phi) is 4.17. The van der Waals surface area contributed by atoms with Crippen LogP contribution in [0.1, 0.15) is 18.9 Å². The topological polar surface area (TPSA) is 46.2 Å². The molecule has 0 radical (unpaired) electrons. The number of aliphatic hydroxyl groups excluding tert-OH is 1. The summed E-state index contributed by atoms with van der Waals surface area (Å²) in [5.41, 5.74) is 5.45. The van der Waals surface area contributed by atoms with Gasteiger partial charge >= 0.3 is 0 Å². The van der Waals surface area contributed by atoms with Gasteiger partial charge in [0, 0.05) is 11.6 Å². The van der Waals surface area contributed by atoms with Gasteiger partial charge in [0.15, 0.2) is 0 Å². The molecule has 1 rings (SSSR count). The number of nitrogens with two attached hydrogens (primary N) is 1. The van der Waals surface area contributed by atoms with Crippen molar-refractivity contribution in [2.24, 2.45) is 5.73 Å². The summed E-state index contributed by atoms with van der Waals surface area (Å²) in [6.45, 7) is 1.66. The monoisotopic (exact) mass is 215 g/mol. The fraction of sp³-hybridized carbons (Fsp3) is 0.455. The van der Waals surface area contributed by atoms with E-state index >= 15 is 0 Å². The van der Waals surface area contributed by atoms with E-state index in [1.807, 2.05) is 0 Å². The first-order valence-electron chi connectivity index (χ1n) is 4.89. The van der Waals surface area contributed by atoms with E-state index < -0.39 is 17.7 Å². The highest BCUT2D eigenvalue weighted by Gasteiger charge is 2.13. The van der Waals surface area contributed by atoms with Crippen LogP contribution in [0.25, 0.3) is 0 Å². The van der Waals surface area contributed by atoms with Crippen LogP contribution >= 0.6 is 0 Å². The summed E-state index contributed by atoms with van der Waals surface area (Å²) >= 11 is 0. The van der Waals surface area contributed by atoms with Gasteiger partial charge in [-0.3, -0.25) is 0 Å². The molecular weight excluding hydrogens is 200 g/mol. The standard InChI is InChI=1S/C11H15F2NO/c1-7(14)11(15)6-5-8-9(12)3-2-4-10(8)13/h2-4,7,11,15H,5-6,14H2,1H3. The van der Waals surface area contributed by atoms with Crippen LogP contribution in [0.4, 0.5) is 8.78 Å². The molecule has 15 heavy (non-hydrogen) atoms. The molecule has 0 aliphatic carbocycles. The number of hydrogen-bond donors (Lipinski definition) is 2. The van der Waals surface area contributed by atoms with Crippen LogP contribution in [-0.4, -0.2) is 17.3 Å². The number of hydrogen-bond acceptors (Lipinski definition) is 2. The van der Waals surface area contributed by atoms with Gasteiger partial charge in [-0.2, -0.15) is 0 Å². The van der Waals surface area contributed by atoms with Crippen molar-refractivity contribution in [1.29, 1.82) is 0 Å². The molecule has 0 aromatic heterocycles. The van der Waals surface area contributed by atoms with Crippen LogP contribution in [-0.2, 0) is 6.42 Å². The third-order valence-electron chi connectivity index (χ3n) is 2.36. The fourth-order valence-electron chi connectivity index (χ4n) is 1.33. The lowest BCUT2D eigenvalue weighted by Crippen LogP contribution is -2.31. The smallest absolute Gasteiger partial charge is 0.129 e. The maximum Gasteiger partial charge on any atom is 0.129 e. The largest absolute Gasteiger partial charge is 0.392 e. The van der Waals surface area contributed by atoms with E-state index in [-0.39, 0.29) is 24.4 Å². The van der Waals surface area contributed by atoms with Gasteiger partial charge in [0.25, 0.3) is 0 Å². The van der Waals surface area contributed by atoms with E-state index in [0.717, 1.165) is 0 Å². The zero-order chi connectivity index (χ0) is 11.4. The van der Waals surface area contributed by atoms with Crippen molar-refractivity contribution in [3.63, 3.8) is 0 Å². The Morgan fingerprint density at radius 1 is 1.33 bits per heavy atom. The molecule has 2 unspecified atom stereocenters. The molecule has 4 heteroatoms. The quantitative estimate of drug-likeness (QED) is 0.801. The summed E-state index contributed by atoms with van der Waals surface area (Å²) in [4.78, 5) is 0. The summed E-state index contributed by atoms with van der Waals surface area (Å²) in [7, 11) is 0. The Bertz CT molecular complexity index is 308. The van der Waals surface area contributed by atoms with Crippen molar-refractivity contribution in [2.75, 3.05) is 0 Å². The van der Waals surface area contributed by atoms with Crippen LogP contribution in [0, 0.1) is 11.6 Å². The SMILES string of the molecule is CC(N)C(O)CCc1c(F)cccc1F. The molecular formula is C11H15F2NO. The average Bonchev–Trinajstić information content (AvgIpc) is 2.16. The molecule has 0 saturated carbocycles. The molecule has 1 aromatic rings. The van der Waals surface area contributed by atoms with Crippen molar-refractivity contribution in [3.05, 3.63) is 35.4 Å². The Hall–Kier alpha value is -1.00. The van der Waals surface area contributed by atoms with Gasteiger partial charge in [-0.25, -0.2) is 8.78 Å². The highest BCUT2D eigenvalue weighted by Crippen LogP contribution is 2.15. The second-order valence-electron chi connectivity index (χ2n) is 3.67. The Balaban J connectivity index is 2.65. The summed E-state index contributed by atoms with van der Waals surface area (Å²) in [5, 5.41) is 9.40. The molecule has 0 bridgehead atoms. The van der Waals surface area contributed by atoms with Crippen molar-refractivity contribution in [3.8, 4) is 0 Å². The predicted octanol–water partition coefficient (Wildman–Crippen LogP) is 1.61. The maximum atomic E-state index is 13.1. The molecule has 0 spiro atoms. The van der Waals surface area contributed by atoms with Crippen LogP contribution in [0.15, 0.2) is 18.2 Å². The highest BCUT2D eigenvalue weighted by atomic mass is 19.1. The third kappa shape index (κ3) is 3.25. The minimum Gasteiger partial charge on any atom is -0.392 e. The van der Waals surface area contributed by atoms with E-state index in [2.05, 4.69) is 0 Å². The minimum absolute atomic E-state index is 0.0113. The Labute approximate surface area is 87.7 Å². The third-order valence-corrected chi connectivity index (χ3v) is 2.36. The zero-order valence-corrected chi connectivity index (χ0v) is 8.58. The molecule has 0 amide bonds. The van der Waals surface area contributed by atoms with E-state index in [0.29, 0.717) is 0 Å². The molecule has 84 valence electrons. The van der Waals surface area contributed by atoms with Crippen LogP contribution in [0.3, 0.4) is 0 Å². The van der Waals surface area contributed by atoms with E-state index in [9.17, 15) is 13.9 Å². The van der Waals surface area contributed by atoms with Crippen molar-refractivity contribution in [2.45, 2.75) is 31.9 Å². The predicted molar refractivity (Wildman–Crippen MR) is 54.3 cm³/mol. The molecule has 2 atom stereocenters. The summed E-state index contributed by atoms with van der Waals surface area (Å²) < 4.78 is 26.3. The first-order valence-corrected chi connectivity index (χ1v) is 4.89. The number of benzene rings is 1. The van der Waals surface area contributed by atoms with Gasteiger partial charge in [-0.05, 0) is 31.9 Å². The summed E-state index contributed by atoms with van der Waals surface area (Å²) in [5.74, 6) is -1.15. The van der Waals surface area contributed by atoms with Gasteiger partial charge in [0.05, 0.1) is 6.10 Å². The highest BCUT2D eigenvalue weighted by molar-refractivity contribution is 5.19. The van der Waals surface area contributed by atoms with Crippen molar-refractivity contribution >= 4 is 0 Å². The molecule has 3 N–H and O–H groups in total. The lowest BCUT2D eigenvalue weighted by molar-refractivity contribution is 0.141. The van der Waals surface area contributed by atoms with Crippen LogP contribution < -0.4 is 5.73 Å². The van der Waals surface area contributed by atoms with E-state index in [1.54, 1.807) is 6.92 Å². The van der Waals surface area contributed by atoms with E-state index in [4.69, 9.17) is 5.73 Å². The van der Waals surface area contributed by atoms with E-state index in [1.165, 1.54) is 18.2 Å². The molecule has 0 heterocycles. The maximum absolute atomic E-state index is 13.1. The average molecular weight is 215 g/mol. The molecule has 0 aliphatic rings. The molecule has 0 saturated heterocycles. The number of rotatable bonds is 4. The number of halogens is 2. The first-order chi connectivity index (χ1) is 7.02. The van der Waals surface area contributed by atoms with Crippen LogP contribution in [0.5, 0.6) is 0 Å². The van der Waals surface area contributed by atoms with Crippen LogP contribution in [0.2, 0.25) is 0 Å². The van der Waals surface area contributed by atoms with Crippen molar-refractivity contribution in [1.82, 2.24) is 0 Å². The second kappa shape index (κ2) is 5.19. The minimum atomic E-state index is -0.732. The van der Waals surface area contributed by atoms with Crippen molar-refractivity contribution < 1.29 is 13.9 Å². The zero-order valence-electron chi connectivity index (χ0n) is 8.58. The molecule has 1 aromatic carbocycles. The Morgan fingerprint density at radius 2 is 1.87 bits per heavy atom.